The number of benzene rings is 2. The molecule has 0 spiro atoms. The molecule has 7 nitrogen and oxygen atoms in total. The SMILES string of the molecule is COc1ccc2[nH]c(=O)c(CN(C(=O)c3ccco3)c3ccccc3OC)cc2c1. The van der Waals surface area contributed by atoms with Gasteiger partial charge in [0.15, 0.2) is 5.76 Å². The van der Waals surface area contributed by atoms with Gasteiger partial charge in [0, 0.05) is 16.5 Å². The Bertz CT molecular complexity index is 1240. The number of methoxy groups -OCH3 is 2. The molecule has 0 fully saturated rings. The van der Waals surface area contributed by atoms with Crippen LogP contribution in [0.1, 0.15) is 16.1 Å². The molecule has 0 saturated carbocycles. The quantitative estimate of drug-likeness (QED) is 0.525. The number of H-pyrrole nitrogens is 1. The monoisotopic (exact) mass is 404 g/mol. The number of ether oxygens (including phenoxy) is 2. The Labute approximate surface area is 172 Å². The maximum Gasteiger partial charge on any atom is 0.294 e. The number of aromatic amines is 1. The smallest absolute Gasteiger partial charge is 0.294 e. The molecule has 2 aromatic carbocycles. The van der Waals surface area contributed by atoms with Gasteiger partial charge in [0.2, 0.25) is 0 Å². The fourth-order valence-electron chi connectivity index (χ4n) is 3.30. The summed E-state index contributed by atoms with van der Waals surface area (Å²) in [6.07, 6.45) is 1.43. The molecule has 0 aliphatic heterocycles. The van der Waals surface area contributed by atoms with E-state index in [1.165, 1.54) is 18.3 Å². The minimum atomic E-state index is -0.380. The van der Waals surface area contributed by atoms with Gasteiger partial charge in [0.25, 0.3) is 11.5 Å². The Morgan fingerprint density at radius 3 is 2.60 bits per heavy atom. The Morgan fingerprint density at radius 1 is 1.03 bits per heavy atom. The molecule has 4 aromatic rings. The molecule has 4 rings (SSSR count). The molecule has 0 unspecified atom stereocenters. The van der Waals surface area contributed by atoms with Crippen molar-refractivity contribution >= 4 is 22.5 Å². The van der Waals surface area contributed by atoms with Crippen molar-refractivity contribution in [3.8, 4) is 11.5 Å². The maximum atomic E-state index is 13.2. The van der Waals surface area contributed by atoms with Crippen LogP contribution in [0.25, 0.3) is 10.9 Å². The van der Waals surface area contributed by atoms with Gasteiger partial charge >= 0.3 is 0 Å². The summed E-state index contributed by atoms with van der Waals surface area (Å²) >= 11 is 0. The summed E-state index contributed by atoms with van der Waals surface area (Å²) in [5, 5.41) is 0.800. The lowest BCUT2D eigenvalue weighted by atomic mass is 10.1. The highest BCUT2D eigenvalue weighted by atomic mass is 16.5. The largest absolute Gasteiger partial charge is 0.497 e. The summed E-state index contributed by atoms with van der Waals surface area (Å²) in [4.78, 5) is 30.3. The van der Waals surface area contributed by atoms with Gasteiger partial charge < -0.3 is 18.9 Å². The van der Waals surface area contributed by atoms with E-state index < -0.39 is 0 Å². The third-order valence-electron chi connectivity index (χ3n) is 4.81. The number of aromatic nitrogens is 1. The van der Waals surface area contributed by atoms with E-state index in [1.54, 1.807) is 55.6 Å². The van der Waals surface area contributed by atoms with E-state index in [4.69, 9.17) is 13.9 Å². The average Bonchev–Trinajstić information content (AvgIpc) is 3.32. The van der Waals surface area contributed by atoms with Crippen LogP contribution in [0.15, 0.2) is 76.1 Å². The normalized spacial score (nSPS) is 10.7. The van der Waals surface area contributed by atoms with E-state index in [2.05, 4.69) is 4.98 Å². The predicted octanol–water partition coefficient (Wildman–Crippen LogP) is 3.99. The molecule has 0 aliphatic carbocycles. The number of hydrogen-bond acceptors (Lipinski definition) is 5. The van der Waals surface area contributed by atoms with Gasteiger partial charge in [0.1, 0.15) is 11.5 Å². The van der Waals surface area contributed by atoms with Crippen molar-refractivity contribution in [2.24, 2.45) is 0 Å². The second-order valence-corrected chi connectivity index (χ2v) is 6.62. The van der Waals surface area contributed by atoms with Gasteiger partial charge in [-0.25, -0.2) is 0 Å². The lowest BCUT2D eigenvalue weighted by molar-refractivity contribution is 0.0957. The molecular weight excluding hydrogens is 384 g/mol. The van der Waals surface area contributed by atoms with Gasteiger partial charge in [-0.3, -0.25) is 14.5 Å². The van der Waals surface area contributed by atoms with Crippen molar-refractivity contribution in [3.63, 3.8) is 0 Å². The van der Waals surface area contributed by atoms with Crippen LogP contribution in [0.4, 0.5) is 5.69 Å². The first-order valence-electron chi connectivity index (χ1n) is 9.29. The topological polar surface area (TPSA) is 84.8 Å². The fraction of sp³-hybridized carbons (Fsp3) is 0.130. The van der Waals surface area contributed by atoms with Crippen molar-refractivity contribution in [3.05, 3.63) is 88.6 Å². The summed E-state index contributed by atoms with van der Waals surface area (Å²) < 4.78 is 16.0. The standard InChI is InChI=1S/C23H20N2O5/c1-28-17-9-10-18-15(13-17)12-16(22(26)24-18)14-25(23(27)21-8-5-11-30-21)19-6-3-4-7-20(19)29-2/h3-13H,14H2,1-2H3,(H,24,26). The van der Waals surface area contributed by atoms with Gasteiger partial charge in [-0.1, -0.05) is 12.1 Å². The highest BCUT2D eigenvalue weighted by molar-refractivity contribution is 6.05. The van der Waals surface area contributed by atoms with E-state index in [0.29, 0.717) is 28.3 Å². The van der Waals surface area contributed by atoms with Gasteiger partial charge in [-0.2, -0.15) is 0 Å². The molecule has 0 saturated heterocycles. The third-order valence-corrected chi connectivity index (χ3v) is 4.81. The van der Waals surface area contributed by atoms with Crippen molar-refractivity contribution < 1.29 is 18.7 Å². The molecule has 7 heteroatoms. The first-order valence-corrected chi connectivity index (χ1v) is 9.29. The molecular formula is C23H20N2O5. The summed E-state index contributed by atoms with van der Waals surface area (Å²) in [7, 11) is 3.11. The highest BCUT2D eigenvalue weighted by Crippen LogP contribution is 2.30. The Morgan fingerprint density at radius 2 is 1.87 bits per heavy atom. The summed E-state index contributed by atoms with van der Waals surface area (Å²) in [6.45, 7) is 0.0301. The highest BCUT2D eigenvalue weighted by Gasteiger charge is 2.24. The molecule has 2 heterocycles. The van der Waals surface area contributed by atoms with Crippen molar-refractivity contribution in [2.45, 2.75) is 6.54 Å². The fourth-order valence-corrected chi connectivity index (χ4v) is 3.30. The Kier molecular flexibility index (Phi) is 5.26. The van der Waals surface area contributed by atoms with Crippen LogP contribution >= 0.6 is 0 Å². The third kappa shape index (κ3) is 3.65. The van der Waals surface area contributed by atoms with Crippen LogP contribution in [0.5, 0.6) is 11.5 Å². The zero-order valence-electron chi connectivity index (χ0n) is 16.5. The zero-order chi connectivity index (χ0) is 21.1. The van der Waals surface area contributed by atoms with Crippen molar-refractivity contribution in [2.75, 3.05) is 19.1 Å². The van der Waals surface area contributed by atoms with Crippen LogP contribution < -0.4 is 19.9 Å². The number of furan rings is 1. The van der Waals surface area contributed by atoms with Crippen molar-refractivity contribution in [1.29, 1.82) is 0 Å². The molecule has 1 amide bonds. The number of fused-ring (bicyclic) bond motifs is 1. The zero-order valence-corrected chi connectivity index (χ0v) is 16.5. The molecule has 0 aliphatic rings. The number of amides is 1. The molecule has 2 aromatic heterocycles. The number of carbonyl (C=O) groups is 1. The average molecular weight is 404 g/mol. The molecule has 0 radical (unpaired) electrons. The molecule has 1 N–H and O–H groups in total. The first kappa shape index (κ1) is 19.3. The maximum absolute atomic E-state index is 13.2. The number of pyridine rings is 1. The summed E-state index contributed by atoms with van der Waals surface area (Å²) in [5.41, 5.74) is 1.36. The van der Waals surface area contributed by atoms with Crippen LogP contribution in [-0.4, -0.2) is 25.1 Å². The van der Waals surface area contributed by atoms with E-state index in [0.717, 1.165) is 5.39 Å². The minimum absolute atomic E-state index is 0.0301. The minimum Gasteiger partial charge on any atom is -0.497 e. The van der Waals surface area contributed by atoms with Crippen LogP contribution in [-0.2, 0) is 6.54 Å². The van der Waals surface area contributed by atoms with Gasteiger partial charge in [-0.05, 0) is 48.5 Å². The van der Waals surface area contributed by atoms with E-state index >= 15 is 0 Å². The van der Waals surface area contributed by atoms with E-state index in [9.17, 15) is 9.59 Å². The second-order valence-electron chi connectivity index (χ2n) is 6.62. The number of rotatable bonds is 6. The van der Waals surface area contributed by atoms with Gasteiger partial charge in [0.05, 0.1) is 32.7 Å². The Balaban J connectivity index is 1.81. The molecule has 0 bridgehead atoms. The number of hydrogen-bond donors (Lipinski definition) is 1. The Hall–Kier alpha value is -4.00. The molecule has 152 valence electrons. The summed E-state index contributed by atoms with van der Waals surface area (Å²) in [6, 6.07) is 17.5. The first-order chi connectivity index (χ1) is 14.6. The van der Waals surface area contributed by atoms with Crippen LogP contribution in [0, 0.1) is 0 Å². The lowest BCUT2D eigenvalue weighted by Gasteiger charge is -2.23. The van der Waals surface area contributed by atoms with E-state index in [-0.39, 0.29) is 23.8 Å². The second kappa shape index (κ2) is 8.16. The predicted molar refractivity (Wildman–Crippen MR) is 113 cm³/mol. The summed E-state index contributed by atoms with van der Waals surface area (Å²) in [5.74, 6) is 0.972. The van der Waals surface area contributed by atoms with Crippen LogP contribution in [0.2, 0.25) is 0 Å². The van der Waals surface area contributed by atoms with E-state index in [1.807, 2.05) is 12.1 Å². The number of para-hydroxylation sites is 2. The van der Waals surface area contributed by atoms with Gasteiger partial charge in [-0.15, -0.1) is 0 Å². The number of nitrogens with zero attached hydrogens (tertiary/aromatic N) is 1. The van der Waals surface area contributed by atoms with Crippen LogP contribution in [0.3, 0.4) is 0 Å². The number of anilines is 1. The lowest BCUT2D eigenvalue weighted by Crippen LogP contribution is -2.33. The van der Waals surface area contributed by atoms with Crippen molar-refractivity contribution in [1.82, 2.24) is 4.98 Å². The molecule has 30 heavy (non-hydrogen) atoms. The number of nitrogens with one attached hydrogen (secondary N) is 1. The number of carbonyl (C=O) groups excluding carboxylic acids is 1. The molecule has 0 atom stereocenters.